The normalized spacial score (nSPS) is 19.8. The van der Waals surface area contributed by atoms with Gasteiger partial charge in [0.1, 0.15) is 5.69 Å². The topological polar surface area (TPSA) is 59.8 Å². The number of hydrogen-bond acceptors (Lipinski definition) is 3. The Morgan fingerprint density at radius 3 is 2.84 bits per heavy atom. The molecule has 0 aromatic carbocycles. The minimum Gasteiger partial charge on any atom is -0.354 e. The molecule has 5 heteroatoms. The molecule has 1 atom stereocenters. The summed E-state index contributed by atoms with van der Waals surface area (Å²) in [7, 11) is 0. The highest BCUT2D eigenvalue weighted by atomic mass is 16.1. The van der Waals surface area contributed by atoms with E-state index in [0.717, 1.165) is 30.7 Å². The van der Waals surface area contributed by atoms with Gasteiger partial charge in [0, 0.05) is 30.3 Å². The van der Waals surface area contributed by atoms with Crippen molar-refractivity contribution >= 4 is 5.91 Å². The molecule has 0 aliphatic heterocycles. The maximum absolute atomic E-state index is 12.3. The second-order valence-electron chi connectivity index (χ2n) is 6.94. The van der Waals surface area contributed by atoms with Gasteiger partial charge < -0.3 is 5.32 Å². The van der Waals surface area contributed by atoms with Crippen molar-refractivity contribution in [1.29, 1.82) is 0 Å². The summed E-state index contributed by atoms with van der Waals surface area (Å²) in [5.74, 6) is 0.924. The number of nitrogens with one attached hydrogen (secondary N) is 1. The van der Waals surface area contributed by atoms with Gasteiger partial charge in [-0.2, -0.15) is 5.10 Å². The molecular formula is C20H24N4O. The Bertz CT molecular complexity index is 761. The zero-order valence-corrected chi connectivity index (χ0v) is 14.4. The van der Waals surface area contributed by atoms with E-state index in [2.05, 4.69) is 33.2 Å². The van der Waals surface area contributed by atoms with E-state index in [4.69, 9.17) is 5.10 Å². The smallest absolute Gasteiger partial charge is 0.223 e. The first-order valence-corrected chi connectivity index (χ1v) is 9.23. The summed E-state index contributed by atoms with van der Waals surface area (Å²) in [6.45, 7) is 1.34. The Balaban J connectivity index is 1.40. The standard InChI is InChI=1S/C20H24N4O/c25-20(16-6-2-1-3-7-16)22-12-13-24-19(15-9-10-15)14-18(23-24)17-8-4-5-11-21-17/h1-2,4-5,8,11,14-16H,3,6-7,9-10,12-13H2,(H,22,25). The second kappa shape index (κ2) is 7.21. The number of pyridine rings is 1. The second-order valence-corrected chi connectivity index (χ2v) is 6.94. The Morgan fingerprint density at radius 1 is 1.20 bits per heavy atom. The Morgan fingerprint density at radius 2 is 2.12 bits per heavy atom. The first-order chi connectivity index (χ1) is 12.3. The molecule has 4 rings (SSSR count). The van der Waals surface area contributed by atoms with Crippen LogP contribution in [0.1, 0.15) is 43.7 Å². The number of amides is 1. The highest BCUT2D eigenvalue weighted by molar-refractivity contribution is 5.78. The van der Waals surface area contributed by atoms with Gasteiger partial charge in [0.25, 0.3) is 0 Å². The van der Waals surface area contributed by atoms with E-state index in [9.17, 15) is 4.79 Å². The molecule has 0 radical (unpaired) electrons. The van der Waals surface area contributed by atoms with Crippen LogP contribution in [-0.2, 0) is 11.3 Å². The van der Waals surface area contributed by atoms with E-state index in [0.29, 0.717) is 19.0 Å². The Hall–Kier alpha value is -2.43. The first-order valence-electron chi connectivity index (χ1n) is 9.23. The van der Waals surface area contributed by atoms with Crippen LogP contribution >= 0.6 is 0 Å². The van der Waals surface area contributed by atoms with Crippen molar-refractivity contribution in [2.24, 2.45) is 5.92 Å². The average Bonchev–Trinajstić information content (AvgIpc) is 3.43. The van der Waals surface area contributed by atoms with Crippen molar-refractivity contribution in [3.8, 4) is 11.4 Å². The van der Waals surface area contributed by atoms with Crippen LogP contribution in [0, 0.1) is 5.92 Å². The quantitative estimate of drug-likeness (QED) is 0.824. The number of allylic oxidation sites excluding steroid dienone is 2. The molecule has 0 bridgehead atoms. The number of carbonyl (C=O) groups excluding carboxylic acids is 1. The lowest BCUT2D eigenvalue weighted by Crippen LogP contribution is -2.33. The number of nitrogens with zero attached hydrogens (tertiary/aromatic N) is 3. The lowest BCUT2D eigenvalue weighted by Gasteiger charge is -2.17. The minimum absolute atomic E-state index is 0.134. The Kier molecular flexibility index (Phi) is 4.63. The summed E-state index contributed by atoms with van der Waals surface area (Å²) >= 11 is 0. The average molecular weight is 336 g/mol. The number of rotatable bonds is 6. The highest BCUT2D eigenvalue weighted by Crippen LogP contribution is 2.41. The molecule has 0 saturated heterocycles. The summed E-state index contributed by atoms with van der Waals surface area (Å²) in [4.78, 5) is 16.7. The summed E-state index contributed by atoms with van der Waals surface area (Å²) in [5, 5.41) is 7.83. The molecule has 2 aliphatic carbocycles. The van der Waals surface area contributed by atoms with Crippen molar-refractivity contribution in [3.63, 3.8) is 0 Å². The molecule has 1 unspecified atom stereocenters. The van der Waals surface area contributed by atoms with Gasteiger partial charge in [-0.15, -0.1) is 0 Å². The maximum atomic E-state index is 12.3. The van der Waals surface area contributed by atoms with Crippen LogP contribution in [0.15, 0.2) is 42.6 Å². The summed E-state index contributed by atoms with van der Waals surface area (Å²) in [6, 6.07) is 8.05. The number of carbonyl (C=O) groups is 1. The van der Waals surface area contributed by atoms with Gasteiger partial charge in [-0.1, -0.05) is 18.2 Å². The van der Waals surface area contributed by atoms with Crippen LogP contribution in [-0.4, -0.2) is 27.2 Å². The third-order valence-electron chi connectivity index (χ3n) is 5.00. The van der Waals surface area contributed by atoms with Crippen LogP contribution in [0.25, 0.3) is 11.4 Å². The Labute approximate surface area is 148 Å². The molecule has 25 heavy (non-hydrogen) atoms. The van der Waals surface area contributed by atoms with E-state index in [1.165, 1.54) is 18.5 Å². The van der Waals surface area contributed by atoms with Crippen molar-refractivity contribution in [2.45, 2.75) is 44.6 Å². The fraction of sp³-hybridized carbons (Fsp3) is 0.450. The molecule has 2 aromatic heterocycles. The van der Waals surface area contributed by atoms with Crippen LogP contribution in [0.2, 0.25) is 0 Å². The van der Waals surface area contributed by atoms with E-state index < -0.39 is 0 Å². The maximum Gasteiger partial charge on any atom is 0.223 e. The zero-order chi connectivity index (χ0) is 17.1. The van der Waals surface area contributed by atoms with Crippen molar-refractivity contribution in [3.05, 3.63) is 48.3 Å². The zero-order valence-electron chi connectivity index (χ0n) is 14.4. The monoisotopic (exact) mass is 336 g/mol. The van der Waals surface area contributed by atoms with Gasteiger partial charge >= 0.3 is 0 Å². The third kappa shape index (κ3) is 3.81. The molecule has 1 amide bonds. The van der Waals surface area contributed by atoms with Crippen molar-refractivity contribution in [2.75, 3.05) is 6.54 Å². The molecule has 130 valence electrons. The van der Waals surface area contributed by atoms with Gasteiger partial charge in [0.05, 0.1) is 12.2 Å². The van der Waals surface area contributed by atoms with Crippen molar-refractivity contribution in [1.82, 2.24) is 20.1 Å². The minimum atomic E-state index is 0.134. The molecule has 5 nitrogen and oxygen atoms in total. The predicted molar refractivity (Wildman–Crippen MR) is 96.9 cm³/mol. The third-order valence-corrected chi connectivity index (χ3v) is 5.00. The predicted octanol–water partition coefficient (Wildman–Crippen LogP) is 3.30. The fourth-order valence-electron chi connectivity index (χ4n) is 3.42. The van der Waals surface area contributed by atoms with E-state index >= 15 is 0 Å². The highest BCUT2D eigenvalue weighted by Gasteiger charge is 2.28. The summed E-state index contributed by atoms with van der Waals surface area (Å²) < 4.78 is 2.06. The van der Waals surface area contributed by atoms with Crippen molar-refractivity contribution < 1.29 is 4.79 Å². The fourth-order valence-corrected chi connectivity index (χ4v) is 3.42. The lowest BCUT2D eigenvalue weighted by atomic mass is 9.94. The molecule has 2 aromatic rings. The largest absolute Gasteiger partial charge is 0.354 e. The van der Waals surface area contributed by atoms with Gasteiger partial charge in [-0.25, -0.2) is 0 Å². The van der Waals surface area contributed by atoms with Gasteiger partial charge in [-0.3, -0.25) is 14.5 Å². The van der Waals surface area contributed by atoms with Crippen LogP contribution in [0.5, 0.6) is 0 Å². The van der Waals surface area contributed by atoms with Crippen LogP contribution in [0.4, 0.5) is 0 Å². The van der Waals surface area contributed by atoms with Crippen LogP contribution in [0.3, 0.4) is 0 Å². The molecule has 1 saturated carbocycles. The SMILES string of the molecule is O=C(NCCn1nc(-c2ccccn2)cc1C1CC1)C1CC=CCC1. The molecule has 2 aliphatic rings. The number of aromatic nitrogens is 3. The van der Waals surface area contributed by atoms with Crippen LogP contribution < -0.4 is 5.32 Å². The lowest BCUT2D eigenvalue weighted by molar-refractivity contribution is -0.125. The van der Waals surface area contributed by atoms with Gasteiger partial charge in [0.15, 0.2) is 0 Å². The van der Waals surface area contributed by atoms with E-state index in [-0.39, 0.29) is 11.8 Å². The van der Waals surface area contributed by atoms with E-state index in [1.54, 1.807) is 6.20 Å². The molecule has 1 fully saturated rings. The number of hydrogen-bond donors (Lipinski definition) is 1. The summed E-state index contributed by atoms with van der Waals surface area (Å²) in [6.07, 6.45) is 11.4. The molecular weight excluding hydrogens is 312 g/mol. The van der Waals surface area contributed by atoms with Gasteiger partial charge in [0.2, 0.25) is 5.91 Å². The van der Waals surface area contributed by atoms with Gasteiger partial charge in [-0.05, 0) is 50.3 Å². The van der Waals surface area contributed by atoms with E-state index in [1.807, 2.05) is 18.2 Å². The molecule has 2 heterocycles. The molecule has 1 N–H and O–H groups in total. The molecule has 0 spiro atoms. The summed E-state index contributed by atoms with van der Waals surface area (Å²) in [5.41, 5.74) is 3.10. The first kappa shape index (κ1) is 16.1.